The van der Waals surface area contributed by atoms with Gasteiger partial charge in [0.05, 0.1) is 0 Å². The molecule has 0 unspecified atom stereocenters. The Morgan fingerprint density at radius 2 is 1.32 bits per heavy atom. The molecule has 1 aliphatic carbocycles. The summed E-state index contributed by atoms with van der Waals surface area (Å²) in [6.45, 7) is 23.9. The van der Waals surface area contributed by atoms with Gasteiger partial charge in [0.15, 0.2) is 5.97 Å². The number of nitrogens with zero attached hydrogens (tertiary/aromatic N) is 1. The normalized spacial score (nSPS) is 26.1. The average Bonchev–Trinajstić information content (AvgIpc) is 2.51. The Kier molecular flexibility index (Phi) is 9.94. The van der Waals surface area contributed by atoms with E-state index in [1.165, 1.54) is 12.8 Å². The van der Waals surface area contributed by atoms with E-state index in [0.717, 1.165) is 18.8 Å². The summed E-state index contributed by atoms with van der Waals surface area (Å²) in [5.74, 6) is 0.413. The van der Waals surface area contributed by atoms with Gasteiger partial charge in [0.1, 0.15) is 6.10 Å². The van der Waals surface area contributed by atoms with Gasteiger partial charge in [0, 0.05) is 23.9 Å². The van der Waals surface area contributed by atoms with Crippen LogP contribution < -0.4 is 0 Å². The van der Waals surface area contributed by atoms with Gasteiger partial charge in [-0.1, -0.05) is 45.4 Å². The molecule has 1 saturated heterocycles. The summed E-state index contributed by atoms with van der Waals surface area (Å²) in [5, 5.41) is 0. The first-order chi connectivity index (χ1) is 12.5. The van der Waals surface area contributed by atoms with Crippen LogP contribution in [-0.4, -0.2) is 35.1 Å². The molecule has 0 atom stereocenters. The van der Waals surface area contributed by atoms with Crippen molar-refractivity contribution in [1.29, 1.82) is 0 Å². The number of hydrogen-bond acceptors (Lipinski definition) is 4. The predicted molar refractivity (Wildman–Crippen MR) is 111 cm³/mol. The molecule has 0 radical (unpaired) electrons. The molecule has 2 fully saturated rings. The van der Waals surface area contributed by atoms with Crippen LogP contribution in [0.4, 0.5) is 0 Å². The minimum atomic E-state index is -0.420. The van der Waals surface area contributed by atoms with Crippen molar-refractivity contribution < 1.29 is 29.1 Å². The van der Waals surface area contributed by atoms with Crippen molar-refractivity contribution in [1.82, 2.24) is 4.90 Å². The van der Waals surface area contributed by atoms with Gasteiger partial charge in [-0.05, 0) is 40.7 Å². The zero-order chi connectivity index (χ0) is 22.6. The second-order valence-electron chi connectivity index (χ2n) is 11.1. The second kappa shape index (κ2) is 10.1. The van der Waals surface area contributed by atoms with Gasteiger partial charge in [-0.15, -0.1) is 0 Å². The van der Waals surface area contributed by atoms with Crippen molar-refractivity contribution >= 4 is 5.97 Å². The molecule has 0 aromatic heterocycles. The summed E-state index contributed by atoms with van der Waals surface area (Å²) in [7, 11) is 2.13. The molecule has 0 N–H and O–H groups in total. The van der Waals surface area contributed by atoms with Gasteiger partial charge < -0.3 is 11.2 Å². The van der Waals surface area contributed by atoms with E-state index >= 15 is 0 Å². The van der Waals surface area contributed by atoms with E-state index in [0.29, 0.717) is 10.8 Å². The van der Waals surface area contributed by atoms with Crippen molar-refractivity contribution in [2.75, 3.05) is 7.05 Å². The molecule has 2 aliphatic rings. The number of rotatable bonds is 1. The molecule has 0 spiro atoms. The van der Waals surface area contributed by atoms with Gasteiger partial charge in [0.25, 0.3) is 0 Å². The third-order valence-electron chi connectivity index (χ3n) is 7.25. The SMILES string of the molecule is CC1C(C)(C)C[CH-]CC1(C)C.[CH2-]C(=O)OC1CC(C)(C)N(C)C(C)(C)C1.[O]=[Co]. The minimum absolute atomic E-state index is 0.00352. The van der Waals surface area contributed by atoms with Crippen molar-refractivity contribution in [3.63, 3.8) is 0 Å². The molecule has 4 nitrogen and oxygen atoms in total. The van der Waals surface area contributed by atoms with Gasteiger partial charge >= 0.3 is 19.5 Å². The van der Waals surface area contributed by atoms with E-state index < -0.39 is 5.97 Å². The van der Waals surface area contributed by atoms with Crippen LogP contribution in [-0.2, 0) is 29.1 Å². The standard InChI is InChI=1S/C12H22NO2.C11H21.Co.O/c1-9(14)15-10-7-11(2,3)13(6)12(4,5)8-10;1-9-10(2,3)7-6-8-11(9,4)5;;/h10H,1,7-8H2,2-6H3;6,9H,7-8H2,1-5H3;;/q2*-1;;. The molecule has 169 valence electrons. The van der Waals surface area contributed by atoms with E-state index in [1.807, 2.05) is 0 Å². The predicted octanol–water partition coefficient (Wildman–Crippen LogP) is 5.57. The first kappa shape index (κ1) is 27.6. The molecule has 5 heteroatoms. The maximum atomic E-state index is 10.9. The van der Waals surface area contributed by atoms with Gasteiger partial charge in [-0.3, -0.25) is 16.6 Å². The van der Waals surface area contributed by atoms with Crippen LogP contribution in [0.3, 0.4) is 0 Å². The molecule has 1 saturated carbocycles. The van der Waals surface area contributed by atoms with E-state index in [4.69, 9.17) is 8.60 Å². The topological polar surface area (TPSA) is 46.6 Å². The summed E-state index contributed by atoms with van der Waals surface area (Å²) in [5.41, 5.74) is 1.15. The van der Waals surface area contributed by atoms with Crippen LogP contribution in [0.2, 0.25) is 0 Å². The first-order valence-corrected chi connectivity index (χ1v) is 10.7. The number of hydrogen-bond donors (Lipinski definition) is 0. The van der Waals surface area contributed by atoms with Crippen LogP contribution in [0, 0.1) is 30.1 Å². The monoisotopic (exact) mass is 440 g/mol. The molecule has 0 bridgehead atoms. The van der Waals surface area contributed by atoms with Crippen molar-refractivity contribution in [3.8, 4) is 0 Å². The van der Waals surface area contributed by atoms with E-state index in [-0.39, 0.29) is 17.2 Å². The third kappa shape index (κ3) is 7.45. The van der Waals surface area contributed by atoms with Crippen LogP contribution in [0.5, 0.6) is 0 Å². The van der Waals surface area contributed by atoms with Crippen LogP contribution in [0.25, 0.3) is 0 Å². The van der Waals surface area contributed by atoms with Gasteiger partial charge in [-0.25, -0.2) is 0 Å². The number of esters is 1. The Morgan fingerprint density at radius 1 is 0.964 bits per heavy atom. The molecule has 1 aliphatic heterocycles. The molecule has 1 heterocycles. The maximum absolute atomic E-state index is 10.9. The van der Waals surface area contributed by atoms with Crippen LogP contribution in [0.15, 0.2) is 0 Å². The Hall–Kier alpha value is -0.394. The Morgan fingerprint density at radius 3 is 1.61 bits per heavy atom. The second-order valence-corrected chi connectivity index (χ2v) is 11.1. The van der Waals surface area contributed by atoms with E-state index in [1.54, 1.807) is 0 Å². The molecular formula is C23H43CoNO3-2. The average molecular weight is 441 g/mol. The fraction of sp³-hybridized carbons (Fsp3) is 0.870. The fourth-order valence-corrected chi connectivity index (χ4v) is 4.78. The van der Waals surface area contributed by atoms with Crippen molar-refractivity contribution in [2.24, 2.45) is 16.7 Å². The fourth-order valence-electron chi connectivity index (χ4n) is 4.78. The Bertz CT molecular complexity index is 480. The summed E-state index contributed by atoms with van der Waals surface area (Å²) in [4.78, 5) is 13.2. The summed E-state index contributed by atoms with van der Waals surface area (Å²) in [6.07, 6.45) is 6.77. The van der Waals surface area contributed by atoms with Crippen molar-refractivity contribution in [3.05, 3.63) is 13.3 Å². The number of carbonyl (C=O) groups is 1. The zero-order valence-electron chi connectivity index (χ0n) is 19.8. The molecule has 0 aromatic carbocycles. The van der Waals surface area contributed by atoms with E-state index in [2.05, 4.69) is 103 Å². The van der Waals surface area contributed by atoms with Crippen molar-refractivity contribution in [2.45, 2.75) is 105 Å². The van der Waals surface area contributed by atoms with E-state index in [9.17, 15) is 4.79 Å². The molecule has 0 amide bonds. The number of ether oxygens (including phenoxy) is 1. The summed E-state index contributed by atoms with van der Waals surface area (Å²) < 4.78 is 13.2. The molecule has 0 aromatic rings. The van der Waals surface area contributed by atoms with Crippen LogP contribution >= 0.6 is 0 Å². The number of piperidine rings is 1. The summed E-state index contributed by atoms with van der Waals surface area (Å²) >= 11 is 2.31. The molecular weight excluding hydrogens is 397 g/mol. The quantitative estimate of drug-likeness (QED) is 0.395. The van der Waals surface area contributed by atoms with Crippen LogP contribution in [0.1, 0.15) is 88.0 Å². The number of likely N-dealkylation sites (tertiary alicyclic amines) is 1. The Balaban J connectivity index is 0.000000497. The van der Waals surface area contributed by atoms with Gasteiger partial charge in [-0.2, -0.15) is 12.8 Å². The Labute approximate surface area is 182 Å². The zero-order valence-corrected chi connectivity index (χ0v) is 20.8. The first-order valence-electron chi connectivity index (χ1n) is 10.2. The molecule has 2 rings (SSSR count). The molecule has 28 heavy (non-hydrogen) atoms. The number of carbonyl (C=O) groups excluding carboxylic acids is 1. The third-order valence-corrected chi connectivity index (χ3v) is 7.25. The summed E-state index contributed by atoms with van der Waals surface area (Å²) in [6, 6.07) is 0. The van der Waals surface area contributed by atoms with Gasteiger partial charge in [0.2, 0.25) is 0 Å².